The van der Waals surface area contributed by atoms with Gasteiger partial charge in [0.1, 0.15) is 18.2 Å². The molecule has 3 rings (SSSR count). The van der Waals surface area contributed by atoms with Crippen LogP contribution in [-0.2, 0) is 13.2 Å². The van der Waals surface area contributed by atoms with Gasteiger partial charge in [0.25, 0.3) is 0 Å². The molecule has 0 atom stereocenters. The van der Waals surface area contributed by atoms with Crippen molar-refractivity contribution in [1.82, 2.24) is 0 Å². The van der Waals surface area contributed by atoms with Gasteiger partial charge in [0.15, 0.2) is 0 Å². The van der Waals surface area contributed by atoms with Crippen molar-refractivity contribution in [3.05, 3.63) is 93.7 Å². The molecule has 0 aromatic heterocycles. The van der Waals surface area contributed by atoms with Crippen molar-refractivity contribution in [2.45, 2.75) is 20.1 Å². The topological polar surface area (TPSA) is 21.3 Å². The van der Waals surface area contributed by atoms with Crippen molar-refractivity contribution >= 4 is 21.6 Å². The maximum Gasteiger partial charge on any atom is 0.134 e. The third-order valence-corrected chi connectivity index (χ3v) is 4.53. The van der Waals surface area contributed by atoms with E-state index in [1.165, 1.54) is 17.7 Å². The predicted octanol–water partition coefficient (Wildman–Crippen LogP) is 6.09. The lowest BCUT2D eigenvalue weighted by atomic mass is 10.1. The maximum atomic E-state index is 13.2. The highest BCUT2D eigenvalue weighted by Crippen LogP contribution is 2.27. The van der Waals surface area contributed by atoms with Gasteiger partial charge in [-0.25, -0.2) is 4.39 Å². The van der Waals surface area contributed by atoms with Crippen molar-refractivity contribution in [3.63, 3.8) is 0 Å². The predicted molar refractivity (Wildman–Crippen MR) is 103 cm³/mol. The van der Waals surface area contributed by atoms with E-state index < -0.39 is 0 Å². The summed E-state index contributed by atoms with van der Waals surface area (Å²) in [6.07, 6.45) is 0. The number of ether oxygens (including phenoxy) is 1. The van der Waals surface area contributed by atoms with Crippen molar-refractivity contribution < 1.29 is 9.13 Å². The van der Waals surface area contributed by atoms with Crippen LogP contribution in [0.2, 0.25) is 0 Å². The number of hydrogen-bond donors (Lipinski definition) is 1. The van der Waals surface area contributed by atoms with Gasteiger partial charge in [-0.1, -0.05) is 36.4 Å². The Kier molecular flexibility index (Phi) is 5.71. The van der Waals surface area contributed by atoms with E-state index in [0.29, 0.717) is 6.61 Å². The first-order valence-corrected chi connectivity index (χ1v) is 8.86. The zero-order valence-corrected chi connectivity index (χ0v) is 15.5. The normalized spacial score (nSPS) is 10.5. The lowest BCUT2D eigenvalue weighted by Crippen LogP contribution is -2.02. The molecule has 0 aliphatic rings. The Labute approximate surface area is 155 Å². The fraction of sp³-hybridized carbons (Fsp3) is 0.143. The summed E-state index contributed by atoms with van der Waals surface area (Å²) in [7, 11) is 0. The Bertz CT molecular complexity index is 866. The van der Waals surface area contributed by atoms with Crippen LogP contribution in [0.25, 0.3) is 0 Å². The highest BCUT2D eigenvalue weighted by Gasteiger charge is 2.05. The molecule has 0 saturated carbocycles. The number of aryl methyl sites for hydroxylation is 1. The molecule has 0 aliphatic heterocycles. The van der Waals surface area contributed by atoms with Crippen LogP contribution in [0.5, 0.6) is 5.75 Å². The second kappa shape index (κ2) is 8.17. The molecule has 1 N–H and O–H groups in total. The van der Waals surface area contributed by atoms with Crippen LogP contribution >= 0.6 is 15.9 Å². The van der Waals surface area contributed by atoms with Gasteiger partial charge in [0, 0.05) is 12.2 Å². The summed E-state index contributed by atoms with van der Waals surface area (Å²) in [6, 6.07) is 20.6. The molecule has 2 nitrogen and oxygen atoms in total. The van der Waals surface area contributed by atoms with Crippen molar-refractivity contribution in [1.29, 1.82) is 0 Å². The average molecular weight is 400 g/mol. The van der Waals surface area contributed by atoms with E-state index in [2.05, 4.69) is 40.3 Å². The molecule has 0 heterocycles. The summed E-state index contributed by atoms with van der Waals surface area (Å²) in [5.41, 5.74) is 4.30. The van der Waals surface area contributed by atoms with Crippen LogP contribution in [0.4, 0.5) is 10.1 Å². The third kappa shape index (κ3) is 4.83. The second-order valence-electron chi connectivity index (χ2n) is 5.85. The Morgan fingerprint density at radius 1 is 0.960 bits per heavy atom. The fourth-order valence-corrected chi connectivity index (χ4v) is 3.07. The minimum Gasteiger partial charge on any atom is -0.488 e. The molecule has 25 heavy (non-hydrogen) atoms. The SMILES string of the molecule is Cc1ccccc1NCc1ccc(OCc2cccc(F)c2)c(Br)c1. The van der Waals surface area contributed by atoms with E-state index in [0.717, 1.165) is 33.6 Å². The number of rotatable bonds is 6. The van der Waals surface area contributed by atoms with Gasteiger partial charge in [-0.05, 0) is 69.9 Å². The van der Waals surface area contributed by atoms with E-state index in [1.54, 1.807) is 6.07 Å². The van der Waals surface area contributed by atoms with Gasteiger partial charge in [0.2, 0.25) is 0 Å². The summed E-state index contributed by atoms with van der Waals surface area (Å²) in [5.74, 6) is 0.488. The van der Waals surface area contributed by atoms with E-state index >= 15 is 0 Å². The molecular weight excluding hydrogens is 381 g/mol. The standard InChI is InChI=1S/C21H19BrFNO/c1-15-5-2-3-8-20(15)24-13-16-9-10-21(19(22)12-16)25-14-17-6-4-7-18(23)11-17/h2-12,24H,13-14H2,1H3. The summed E-state index contributed by atoms with van der Waals surface area (Å²) >= 11 is 3.55. The summed E-state index contributed by atoms with van der Waals surface area (Å²) in [5, 5.41) is 3.44. The Hall–Kier alpha value is -2.33. The Morgan fingerprint density at radius 2 is 1.80 bits per heavy atom. The first kappa shape index (κ1) is 17.5. The number of nitrogens with one attached hydrogen (secondary N) is 1. The highest BCUT2D eigenvalue weighted by molar-refractivity contribution is 9.10. The van der Waals surface area contributed by atoms with Crippen LogP contribution in [0.15, 0.2) is 71.2 Å². The van der Waals surface area contributed by atoms with Crippen molar-refractivity contribution in [2.75, 3.05) is 5.32 Å². The molecule has 0 amide bonds. The Balaban J connectivity index is 1.61. The van der Waals surface area contributed by atoms with Gasteiger partial charge in [-0.2, -0.15) is 0 Å². The zero-order chi connectivity index (χ0) is 17.6. The van der Waals surface area contributed by atoms with E-state index in [-0.39, 0.29) is 5.82 Å². The summed E-state index contributed by atoms with van der Waals surface area (Å²) in [6.45, 7) is 3.15. The third-order valence-electron chi connectivity index (χ3n) is 3.91. The van der Waals surface area contributed by atoms with Gasteiger partial charge in [-0.15, -0.1) is 0 Å². The highest BCUT2D eigenvalue weighted by atomic mass is 79.9. The molecule has 0 saturated heterocycles. The minimum absolute atomic E-state index is 0.252. The summed E-state index contributed by atoms with van der Waals surface area (Å²) in [4.78, 5) is 0. The number of anilines is 1. The largest absolute Gasteiger partial charge is 0.488 e. The van der Waals surface area contributed by atoms with Crippen LogP contribution < -0.4 is 10.1 Å². The molecule has 128 valence electrons. The van der Waals surface area contributed by atoms with Crippen LogP contribution in [0.1, 0.15) is 16.7 Å². The van der Waals surface area contributed by atoms with Crippen LogP contribution in [0.3, 0.4) is 0 Å². The number of halogens is 2. The van der Waals surface area contributed by atoms with Gasteiger partial charge in [0.05, 0.1) is 4.47 Å². The van der Waals surface area contributed by atoms with Crippen molar-refractivity contribution in [3.8, 4) is 5.75 Å². The second-order valence-corrected chi connectivity index (χ2v) is 6.71. The molecule has 3 aromatic rings. The molecule has 0 spiro atoms. The smallest absolute Gasteiger partial charge is 0.134 e. The molecule has 0 radical (unpaired) electrons. The zero-order valence-electron chi connectivity index (χ0n) is 13.9. The quantitative estimate of drug-likeness (QED) is 0.541. The number of benzene rings is 3. The molecule has 0 aliphatic carbocycles. The lowest BCUT2D eigenvalue weighted by Gasteiger charge is -2.12. The monoisotopic (exact) mass is 399 g/mol. The van der Waals surface area contributed by atoms with Crippen LogP contribution in [0, 0.1) is 12.7 Å². The average Bonchev–Trinajstić information content (AvgIpc) is 2.60. The van der Waals surface area contributed by atoms with Crippen molar-refractivity contribution in [2.24, 2.45) is 0 Å². The van der Waals surface area contributed by atoms with E-state index in [1.807, 2.05) is 36.4 Å². The maximum absolute atomic E-state index is 13.2. The van der Waals surface area contributed by atoms with Gasteiger partial charge in [-0.3, -0.25) is 0 Å². The molecule has 0 bridgehead atoms. The molecule has 0 unspecified atom stereocenters. The Morgan fingerprint density at radius 3 is 2.56 bits per heavy atom. The first-order chi connectivity index (χ1) is 12.1. The van der Waals surface area contributed by atoms with Gasteiger partial charge < -0.3 is 10.1 Å². The molecular formula is C21H19BrFNO. The van der Waals surface area contributed by atoms with E-state index in [4.69, 9.17) is 4.74 Å². The number of hydrogen-bond acceptors (Lipinski definition) is 2. The molecule has 3 aromatic carbocycles. The van der Waals surface area contributed by atoms with Gasteiger partial charge >= 0.3 is 0 Å². The first-order valence-electron chi connectivity index (χ1n) is 8.07. The minimum atomic E-state index is -0.252. The molecule has 4 heteroatoms. The fourth-order valence-electron chi connectivity index (χ4n) is 2.53. The lowest BCUT2D eigenvalue weighted by molar-refractivity contribution is 0.303. The van der Waals surface area contributed by atoms with Crippen LogP contribution in [-0.4, -0.2) is 0 Å². The summed E-state index contributed by atoms with van der Waals surface area (Å²) < 4.78 is 19.9. The molecule has 0 fully saturated rings. The number of para-hydroxylation sites is 1. The van der Waals surface area contributed by atoms with E-state index in [9.17, 15) is 4.39 Å².